The molecule has 0 saturated carbocycles. The van der Waals surface area contributed by atoms with E-state index in [0.29, 0.717) is 13.0 Å². The Kier molecular flexibility index (Phi) is 5.66. The van der Waals surface area contributed by atoms with E-state index < -0.39 is 6.04 Å². The summed E-state index contributed by atoms with van der Waals surface area (Å²) in [5, 5.41) is 2.96. The molecule has 2 amide bonds. The van der Waals surface area contributed by atoms with Gasteiger partial charge in [0.15, 0.2) is 0 Å². The maximum atomic E-state index is 13.2. The van der Waals surface area contributed by atoms with Gasteiger partial charge in [0.2, 0.25) is 11.8 Å². The second-order valence-corrected chi connectivity index (χ2v) is 6.78. The van der Waals surface area contributed by atoms with Gasteiger partial charge >= 0.3 is 0 Å². The van der Waals surface area contributed by atoms with Gasteiger partial charge in [-0.2, -0.15) is 0 Å². The van der Waals surface area contributed by atoms with Crippen molar-refractivity contribution >= 4 is 17.5 Å². The van der Waals surface area contributed by atoms with Crippen LogP contribution in [-0.4, -0.2) is 22.8 Å². The average Bonchev–Trinajstić information content (AvgIpc) is 2.80. The van der Waals surface area contributed by atoms with E-state index in [1.165, 1.54) is 0 Å². The number of rotatable bonds is 5. The largest absolute Gasteiger partial charge is 0.344 e. The predicted octanol–water partition coefficient (Wildman–Crippen LogP) is 3.09. The maximum absolute atomic E-state index is 13.2. The molecule has 1 aromatic heterocycles. The molecular formula is C21H25N3O2. The molecule has 5 nitrogen and oxygen atoms in total. The molecule has 1 N–H and O–H groups in total. The van der Waals surface area contributed by atoms with Crippen molar-refractivity contribution in [3.05, 3.63) is 59.9 Å². The summed E-state index contributed by atoms with van der Waals surface area (Å²) < 4.78 is 0. The van der Waals surface area contributed by atoms with Crippen LogP contribution in [-0.2, 0) is 22.6 Å². The Labute approximate surface area is 154 Å². The minimum atomic E-state index is -0.507. The van der Waals surface area contributed by atoms with Crippen LogP contribution < -0.4 is 10.2 Å². The fourth-order valence-electron chi connectivity index (χ4n) is 3.17. The maximum Gasteiger partial charge on any atom is 0.249 e. The first-order valence-electron chi connectivity index (χ1n) is 9.19. The van der Waals surface area contributed by atoms with Gasteiger partial charge in [-0.3, -0.25) is 14.6 Å². The first-order chi connectivity index (χ1) is 12.6. The molecule has 0 radical (unpaired) electrons. The molecule has 5 heteroatoms. The van der Waals surface area contributed by atoms with Crippen LogP contribution in [0.25, 0.3) is 0 Å². The molecule has 2 atom stereocenters. The standard InChI is InChI=1S/C21H25N3O2/c1-3-15(2)20(25)23-18-12-11-16-8-4-5-10-19(16)24(21(18)26)14-17-9-6-7-13-22-17/h4-10,13,15,18H,3,11-12,14H2,1-2H3,(H,23,25)/t15-,18+/m1/s1. The number of nitrogens with zero attached hydrogens (tertiary/aromatic N) is 2. The molecule has 1 aliphatic heterocycles. The SMILES string of the molecule is CC[C@@H](C)C(=O)N[C@H]1CCc2ccccc2N(Cc2ccccn2)C1=O. The molecule has 26 heavy (non-hydrogen) atoms. The topological polar surface area (TPSA) is 62.3 Å². The van der Waals surface area contributed by atoms with Crippen LogP contribution in [0.5, 0.6) is 0 Å². The van der Waals surface area contributed by atoms with Crippen LogP contribution in [0.15, 0.2) is 48.7 Å². The lowest BCUT2D eigenvalue weighted by Gasteiger charge is -2.26. The number of aryl methyl sites for hydroxylation is 1. The first kappa shape index (κ1) is 18.1. The minimum Gasteiger partial charge on any atom is -0.344 e. The summed E-state index contributed by atoms with van der Waals surface area (Å²) in [4.78, 5) is 31.7. The Hall–Kier alpha value is -2.69. The summed E-state index contributed by atoms with van der Waals surface area (Å²) in [6.07, 6.45) is 3.85. The van der Waals surface area contributed by atoms with Crippen LogP contribution in [0.3, 0.4) is 0 Å². The molecule has 0 aliphatic carbocycles. The van der Waals surface area contributed by atoms with Gasteiger partial charge in [0.1, 0.15) is 6.04 Å². The Morgan fingerprint density at radius 3 is 2.77 bits per heavy atom. The van der Waals surface area contributed by atoms with E-state index in [2.05, 4.69) is 10.3 Å². The third-order valence-electron chi connectivity index (χ3n) is 4.97. The number of hydrogen-bond acceptors (Lipinski definition) is 3. The summed E-state index contributed by atoms with van der Waals surface area (Å²) in [7, 11) is 0. The number of anilines is 1. The van der Waals surface area contributed by atoms with Gasteiger partial charge < -0.3 is 10.2 Å². The number of nitrogens with one attached hydrogen (secondary N) is 1. The van der Waals surface area contributed by atoms with Gasteiger partial charge in [-0.05, 0) is 43.0 Å². The van der Waals surface area contributed by atoms with Crippen molar-refractivity contribution in [2.45, 2.75) is 45.7 Å². The van der Waals surface area contributed by atoms with Gasteiger partial charge in [-0.1, -0.05) is 38.1 Å². The molecule has 2 aromatic rings. The Morgan fingerprint density at radius 2 is 2.04 bits per heavy atom. The zero-order valence-corrected chi connectivity index (χ0v) is 15.3. The number of pyridine rings is 1. The van der Waals surface area contributed by atoms with E-state index in [9.17, 15) is 9.59 Å². The highest BCUT2D eigenvalue weighted by atomic mass is 16.2. The summed E-state index contributed by atoms with van der Waals surface area (Å²) >= 11 is 0. The number of carbonyl (C=O) groups excluding carboxylic acids is 2. The summed E-state index contributed by atoms with van der Waals surface area (Å²) in [6, 6.07) is 13.1. The van der Waals surface area contributed by atoms with E-state index in [4.69, 9.17) is 0 Å². The molecule has 1 aliphatic rings. The lowest BCUT2D eigenvalue weighted by Crippen LogP contribution is -2.49. The lowest BCUT2D eigenvalue weighted by atomic mass is 10.0. The fourth-order valence-corrected chi connectivity index (χ4v) is 3.17. The quantitative estimate of drug-likeness (QED) is 0.900. The van der Waals surface area contributed by atoms with E-state index in [1.54, 1.807) is 11.1 Å². The summed E-state index contributed by atoms with van der Waals surface area (Å²) in [5.74, 6) is -0.232. The van der Waals surface area contributed by atoms with Crippen LogP contribution in [0.2, 0.25) is 0 Å². The molecule has 0 fully saturated rings. The van der Waals surface area contributed by atoms with E-state index >= 15 is 0 Å². The summed E-state index contributed by atoms with van der Waals surface area (Å²) in [6.45, 7) is 4.26. The highest BCUT2D eigenvalue weighted by Crippen LogP contribution is 2.28. The summed E-state index contributed by atoms with van der Waals surface area (Å²) in [5.41, 5.74) is 2.85. The number of amides is 2. The van der Waals surface area contributed by atoms with Crippen molar-refractivity contribution in [2.75, 3.05) is 4.90 Å². The smallest absolute Gasteiger partial charge is 0.249 e. The zero-order valence-electron chi connectivity index (χ0n) is 15.3. The third kappa shape index (κ3) is 3.93. The Morgan fingerprint density at radius 1 is 1.27 bits per heavy atom. The van der Waals surface area contributed by atoms with Crippen molar-refractivity contribution in [3.63, 3.8) is 0 Å². The monoisotopic (exact) mass is 351 g/mol. The highest BCUT2D eigenvalue weighted by molar-refractivity contribution is 6.00. The van der Waals surface area contributed by atoms with Crippen LogP contribution in [0.4, 0.5) is 5.69 Å². The molecule has 3 rings (SSSR count). The number of aromatic nitrogens is 1. The molecule has 0 spiro atoms. The van der Waals surface area contributed by atoms with Crippen LogP contribution in [0, 0.1) is 5.92 Å². The molecular weight excluding hydrogens is 326 g/mol. The van der Waals surface area contributed by atoms with E-state index in [-0.39, 0.29) is 17.7 Å². The Bertz CT molecular complexity index is 776. The van der Waals surface area contributed by atoms with Crippen molar-refractivity contribution < 1.29 is 9.59 Å². The number of carbonyl (C=O) groups is 2. The minimum absolute atomic E-state index is 0.0606. The first-order valence-corrected chi connectivity index (χ1v) is 9.19. The van der Waals surface area contributed by atoms with Crippen molar-refractivity contribution in [3.8, 4) is 0 Å². The molecule has 1 aromatic carbocycles. The number of benzene rings is 1. The van der Waals surface area contributed by atoms with Gasteiger partial charge in [0, 0.05) is 17.8 Å². The normalized spacial score (nSPS) is 18.0. The van der Waals surface area contributed by atoms with Gasteiger partial charge in [-0.15, -0.1) is 0 Å². The van der Waals surface area contributed by atoms with Crippen LogP contribution >= 0.6 is 0 Å². The van der Waals surface area contributed by atoms with Crippen molar-refractivity contribution in [2.24, 2.45) is 5.92 Å². The molecule has 0 saturated heterocycles. The third-order valence-corrected chi connectivity index (χ3v) is 4.97. The highest BCUT2D eigenvalue weighted by Gasteiger charge is 2.32. The van der Waals surface area contributed by atoms with Crippen molar-refractivity contribution in [1.82, 2.24) is 10.3 Å². The van der Waals surface area contributed by atoms with Gasteiger partial charge in [0.05, 0.1) is 12.2 Å². The fraction of sp³-hybridized carbons (Fsp3) is 0.381. The number of fused-ring (bicyclic) bond motifs is 1. The predicted molar refractivity (Wildman–Crippen MR) is 102 cm³/mol. The average molecular weight is 351 g/mol. The van der Waals surface area contributed by atoms with E-state index in [0.717, 1.165) is 29.8 Å². The van der Waals surface area contributed by atoms with Crippen LogP contribution in [0.1, 0.15) is 37.9 Å². The van der Waals surface area contributed by atoms with Gasteiger partial charge in [-0.25, -0.2) is 0 Å². The number of para-hydroxylation sites is 1. The van der Waals surface area contributed by atoms with Gasteiger partial charge in [0.25, 0.3) is 0 Å². The molecule has 0 bridgehead atoms. The molecule has 0 unspecified atom stereocenters. The second-order valence-electron chi connectivity index (χ2n) is 6.78. The number of hydrogen-bond donors (Lipinski definition) is 1. The molecule has 2 heterocycles. The Balaban J connectivity index is 1.89. The zero-order chi connectivity index (χ0) is 18.5. The van der Waals surface area contributed by atoms with E-state index in [1.807, 2.05) is 56.3 Å². The molecule has 136 valence electrons. The lowest BCUT2D eigenvalue weighted by molar-refractivity contribution is -0.129. The second kappa shape index (κ2) is 8.13. The van der Waals surface area contributed by atoms with Crippen molar-refractivity contribution in [1.29, 1.82) is 0 Å².